The Balaban J connectivity index is 2.68. The molecule has 0 saturated carbocycles. The molecule has 0 spiro atoms. The lowest BCUT2D eigenvalue weighted by atomic mass is 9.91. The summed E-state index contributed by atoms with van der Waals surface area (Å²) >= 11 is 1.93. The molecule has 1 fully saturated rings. The molecule has 0 aliphatic carbocycles. The molecule has 0 aromatic rings. The zero-order valence-electron chi connectivity index (χ0n) is 10.2. The van der Waals surface area contributed by atoms with Crippen LogP contribution in [0.3, 0.4) is 0 Å². The smallest absolute Gasteiger partial charge is 0.229 e. The first-order valence-electron chi connectivity index (χ1n) is 5.42. The molecule has 0 unspecified atom stereocenters. The van der Waals surface area contributed by atoms with Gasteiger partial charge < -0.3 is 10.6 Å². The molecule has 1 saturated heterocycles. The van der Waals surface area contributed by atoms with Gasteiger partial charge in [0, 0.05) is 30.1 Å². The SMILES string of the molecule is CC1(C)CN(C(=O)C(C)(C)CN)CCS1. The van der Waals surface area contributed by atoms with Gasteiger partial charge in [-0.1, -0.05) is 0 Å². The molecule has 0 bridgehead atoms. The molecule has 4 heteroatoms. The highest BCUT2D eigenvalue weighted by Gasteiger charge is 2.36. The molecule has 1 heterocycles. The van der Waals surface area contributed by atoms with Crippen molar-refractivity contribution >= 4 is 17.7 Å². The predicted molar refractivity (Wildman–Crippen MR) is 66.0 cm³/mol. The standard InChI is InChI=1S/C11H22N2OS/c1-10(2,7-12)9(14)13-5-6-15-11(3,4)8-13/h5-8,12H2,1-4H3. The number of nitrogens with two attached hydrogens (primary N) is 1. The lowest BCUT2D eigenvalue weighted by Crippen LogP contribution is -2.52. The van der Waals surface area contributed by atoms with E-state index in [2.05, 4.69) is 13.8 Å². The van der Waals surface area contributed by atoms with E-state index in [1.54, 1.807) is 0 Å². The van der Waals surface area contributed by atoms with Crippen molar-refractivity contribution in [2.45, 2.75) is 32.4 Å². The molecule has 1 aliphatic rings. The van der Waals surface area contributed by atoms with Crippen LogP contribution >= 0.6 is 11.8 Å². The van der Waals surface area contributed by atoms with Crippen molar-refractivity contribution < 1.29 is 4.79 Å². The van der Waals surface area contributed by atoms with Crippen LogP contribution in [0, 0.1) is 5.41 Å². The van der Waals surface area contributed by atoms with Crippen LogP contribution in [0.4, 0.5) is 0 Å². The maximum atomic E-state index is 12.2. The summed E-state index contributed by atoms with van der Waals surface area (Å²) in [4.78, 5) is 14.1. The summed E-state index contributed by atoms with van der Waals surface area (Å²) < 4.78 is 0.179. The number of carbonyl (C=O) groups is 1. The average molecular weight is 230 g/mol. The van der Waals surface area contributed by atoms with Crippen LogP contribution in [0.5, 0.6) is 0 Å². The summed E-state index contributed by atoms with van der Waals surface area (Å²) in [5.74, 6) is 1.22. The van der Waals surface area contributed by atoms with Crippen LogP contribution in [0.25, 0.3) is 0 Å². The summed E-state index contributed by atoms with van der Waals surface area (Å²) in [5, 5.41) is 0. The van der Waals surface area contributed by atoms with Gasteiger partial charge in [0.1, 0.15) is 0 Å². The Hall–Kier alpha value is -0.220. The zero-order valence-corrected chi connectivity index (χ0v) is 11.0. The Labute approximate surface area is 96.8 Å². The van der Waals surface area contributed by atoms with E-state index in [1.807, 2.05) is 30.5 Å². The summed E-state index contributed by atoms with van der Waals surface area (Å²) in [7, 11) is 0. The summed E-state index contributed by atoms with van der Waals surface area (Å²) in [5.41, 5.74) is 5.21. The van der Waals surface area contributed by atoms with Gasteiger partial charge in [-0.25, -0.2) is 0 Å². The second-order valence-corrected chi connectivity index (χ2v) is 7.22. The van der Waals surface area contributed by atoms with Crippen LogP contribution in [0.2, 0.25) is 0 Å². The lowest BCUT2D eigenvalue weighted by Gasteiger charge is -2.40. The zero-order chi connectivity index (χ0) is 11.7. The minimum atomic E-state index is -0.419. The van der Waals surface area contributed by atoms with E-state index < -0.39 is 5.41 Å². The number of nitrogens with zero attached hydrogens (tertiary/aromatic N) is 1. The molecule has 1 amide bonds. The van der Waals surface area contributed by atoms with Crippen LogP contribution in [0.1, 0.15) is 27.7 Å². The maximum absolute atomic E-state index is 12.2. The Morgan fingerprint density at radius 3 is 2.60 bits per heavy atom. The van der Waals surface area contributed by atoms with Crippen LogP contribution < -0.4 is 5.73 Å². The lowest BCUT2D eigenvalue weighted by molar-refractivity contribution is -0.140. The van der Waals surface area contributed by atoms with Gasteiger partial charge in [-0.2, -0.15) is 11.8 Å². The topological polar surface area (TPSA) is 46.3 Å². The van der Waals surface area contributed by atoms with E-state index in [9.17, 15) is 4.79 Å². The third-order valence-electron chi connectivity index (χ3n) is 2.80. The monoisotopic (exact) mass is 230 g/mol. The third kappa shape index (κ3) is 3.11. The molecule has 0 aromatic heterocycles. The molecule has 2 N–H and O–H groups in total. The first-order chi connectivity index (χ1) is 6.78. The third-order valence-corrected chi connectivity index (χ3v) is 4.10. The first-order valence-corrected chi connectivity index (χ1v) is 6.40. The van der Waals surface area contributed by atoms with E-state index in [1.165, 1.54) is 0 Å². The van der Waals surface area contributed by atoms with Gasteiger partial charge in [0.05, 0.1) is 5.41 Å². The maximum Gasteiger partial charge on any atom is 0.229 e. The van der Waals surface area contributed by atoms with Crippen LogP contribution in [-0.4, -0.2) is 40.9 Å². The van der Waals surface area contributed by atoms with Gasteiger partial charge in [-0.05, 0) is 27.7 Å². The second-order valence-electron chi connectivity index (χ2n) is 5.42. The van der Waals surface area contributed by atoms with Gasteiger partial charge in [0.2, 0.25) is 5.91 Å². The van der Waals surface area contributed by atoms with Crippen LogP contribution in [0.15, 0.2) is 0 Å². The molecule has 3 nitrogen and oxygen atoms in total. The summed E-state index contributed by atoms with van der Waals surface area (Å²) in [6, 6.07) is 0. The van der Waals surface area contributed by atoms with Crippen molar-refractivity contribution in [1.29, 1.82) is 0 Å². The summed E-state index contributed by atoms with van der Waals surface area (Å²) in [6.45, 7) is 10.3. The fraction of sp³-hybridized carbons (Fsp3) is 0.909. The Morgan fingerprint density at radius 1 is 1.53 bits per heavy atom. The van der Waals surface area contributed by atoms with Crippen molar-refractivity contribution in [3.8, 4) is 0 Å². The molecule has 0 radical (unpaired) electrons. The number of thioether (sulfide) groups is 1. The Bertz CT molecular complexity index is 251. The molecular weight excluding hydrogens is 208 g/mol. The van der Waals surface area contributed by atoms with E-state index >= 15 is 0 Å². The number of carbonyl (C=O) groups excluding carboxylic acids is 1. The van der Waals surface area contributed by atoms with Crippen LogP contribution in [-0.2, 0) is 4.79 Å². The first kappa shape index (κ1) is 12.8. The molecule has 88 valence electrons. The van der Waals surface area contributed by atoms with Crippen molar-refractivity contribution in [3.05, 3.63) is 0 Å². The molecule has 0 atom stereocenters. The van der Waals surface area contributed by atoms with E-state index in [0.29, 0.717) is 6.54 Å². The van der Waals surface area contributed by atoms with Crippen molar-refractivity contribution in [3.63, 3.8) is 0 Å². The van der Waals surface area contributed by atoms with E-state index in [0.717, 1.165) is 18.8 Å². The van der Waals surface area contributed by atoms with E-state index in [-0.39, 0.29) is 10.7 Å². The number of rotatable bonds is 2. The Kier molecular flexibility index (Phi) is 3.71. The molecule has 0 aromatic carbocycles. The Morgan fingerprint density at radius 2 is 2.13 bits per heavy atom. The number of hydrogen-bond donors (Lipinski definition) is 1. The van der Waals surface area contributed by atoms with Gasteiger partial charge in [0.25, 0.3) is 0 Å². The van der Waals surface area contributed by atoms with E-state index in [4.69, 9.17) is 5.73 Å². The molecule has 1 rings (SSSR count). The minimum absolute atomic E-state index is 0.179. The largest absolute Gasteiger partial charge is 0.340 e. The fourth-order valence-electron chi connectivity index (χ4n) is 1.71. The fourth-order valence-corrected chi connectivity index (χ4v) is 2.82. The van der Waals surface area contributed by atoms with Crippen molar-refractivity contribution in [2.75, 3.05) is 25.4 Å². The van der Waals surface area contributed by atoms with Crippen molar-refractivity contribution in [1.82, 2.24) is 4.90 Å². The quantitative estimate of drug-likeness (QED) is 0.778. The van der Waals surface area contributed by atoms with Gasteiger partial charge in [-0.3, -0.25) is 4.79 Å². The predicted octanol–water partition coefficient (Wildman–Crippen LogP) is 1.33. The normalized spacial score (nSPS) is 21.5. The van der Waals surface area contributed by atoms with Gasteiger partial charge >= 0.3 is 0 Å². The van der Waals surface area contributed by atoms with Gasteiger partial charge in [0.15, 0.2) is 0 Å². The number of hydrogen-bond acceptors (Lipinski definition) is 3. The molecule has 1 aliphatic heterocycles. The van der Waals surface area contributed by atoms with Gasteiger partial charge in [-0.15, -0.1) is 0 Å². The summed E-state index contributed by atoms with van der Waals surface area (Å²) in [6.07, 6.45) is 0. The molecular formula is C11H22N2OS. The number of amides is 1. The molecule has 15 heavy (non-hydrogen) atoms. The minimum Gasteiger partial charge on any atom is -0.340 e. The highest BCUT2D eigenvalue weighted by atomic mass is 32.2. The average Bonchev–Trinajstić information content (AvgIpc) is 2.15. The highest BCUT2D eigenvalue weighted by Crippen LogP contribution is 2.31. The second kappa shape index (κ2) is 4.34. The highest BCUT2D eigenvalue weighted by molar-refractivity contribution is 8.00. The van der Waals surface area contributed by atoms with Crippen molar-refractivity contribution in [2.24, 2.45) is 11.1 Å².